The van der Waals surface area contributed by atoms with Crippen molar-refractivity contribution in [3.8, 4) is 0 Å². The average molecular weight is 359 g/mol. The van der Waals surface area contributed by atoms with Crippen molar-refractivity contribution >= 4 is 32.6 Å². The van der Waals surface area contributed by atoms with E-state index < -0.39 is 0 Å². The number of anilines is 1. The van der Waals surface area contributed by atoms with Crippen molar-refractivity contribution < 1.29 is 9.53 Å². The molecule has 1 unspecified atom stereocenters. The maximum absolute atomic E-state index is 12.4. The van der Waals surface area contributed by atoms with Gasteiger partial charge in [-0.1, -0.05) is 18.3 Å². The number of hydrogen-bond acceptors (Lipinski definition) is 5. The molecule has 5 nitrogen and oxygen atoms in total. The summed E-state index contributed by atoms with van der Waals surface area (Å²) in [6.07, 6.45) is 4.75. The summed E-state index contributed by atoms with van der Waals surface area (Å²) in [7, 11) is 0. The smallest absolute Gasteiger partial charge is 0.251 e. The summed E-state index contributed by atoms with van der Waals surface area (Å²) in [6, 6.07) is 5.80. The minimum atomic E-state index is -0.0286. The largest absolute Gasteiger partial charge is 0.376 e. The topological polar surface area (TPSA) is 54.5 Å². The summed E-state index contributed by atoms with van der Waals surface area (Å²) in [4.78, 5) is 19.5. The number of benzene rings is 1. The third-order valence-corrected chi connectivity index (χ3v) is 6.29. The second-order valence-electron chi connectivity index (χ2n) is 7.19. The molecule has 0 spiro atoms. The van der Waals surface area contributed by atoms with Crippen molar-refractivity contribution in [3.05, 3.63) is 23.8 Å². The van der Waals surface area contributed by atoms with Crippen molar-refractivity contribution in [2.75, 3.05) is 31.1 Å². The third-order valence-electron chi connectivity index (χ3n) is 5.21. The monoisotopic (exact) mass is 359 g/mol. The van der Waals surface area contributed by atoms with Crippen LogP contribution in [0.2, 0.25) is 0 Å². The van der Waals surface area contributed by atoms with Crippen LogP contribution in [0.3, 0.4) is 0 Å². The number of fused-ring (bicyclic) bond motifs is 1. The first-order valence-corrected chi connectivity index (χ1v) is 10.1. The molecule has 2 aliphatic rings. The van der Waals surface area contributed by atoms with Gasteiger partial charge in [0, 0.05) is 31.8 Å². The lowest BCUT2D eigenvalue weighted by molar-refractivity contribution is 0.0858. The second kappa shape index (κ2) is 7.30. The van der Waals surface area contributed by atoms with E-state index in [1.165, 1.54) is 12.8 Å². The summed E-state index contributed by atoms with van der Waals surface area (Å²) in [5.74, 6) is 0.781. The van der Waals surface area contributed by atoms with E-state index in [1.54, 1.807) is 11.3 Å². The SMILES string of the molecule is CC1CCN(c2nc3ccc(C(=O)NCC4CCCO4)cc3s2)CC1. The molecule has 2 fully saturated rings. The fraction of sp³-hybridized carbons (Fsp3) is 0.579. The van der Waals surface area contributed by atoms with Crippen LogP contribution < -0.4 is 10.2 Å². The van der Waals surface area contributed by atoms with Crippen LogP contribution in [0.25, 0.3) is 10.2 Å². The normalized spacial score (nSPS) is 21.8. The Morgan fingerprint density at radius 3 is 2.96 bits per heavy atom. The van der Waals surface area contributed by atoms with Gasteiger partial charge in [0.1, 0.15) is 0 Å². The van der Waals surface area contributed by atoms with Gasteiger partial charge in [0.2, 0.25) is 0 Å². The molecular weight excluding hydrogens is 334 g/mol. The Labute approximate surface area is 152 Å². The van der Waals surface area contributed by atoms with Crippen LogP contribution in [0.15, 0.2) is 18.2 Å². The molecule has 0 radical (unpaired) electrons. The molecule has 1 atom stereocenters. The average Bonchev–Trinajstić information content (AvgIpc) is 3.29. The maximum Gasteiger partial charge on any atom is 0.251 e. The summed E-state index contributed by atoms with van der Waals surface area (Å²) in [5.41, 5.74) is 1.68. The van der Waals surface area contributed by atoms with E-state index in [0.29, 0.717) is 12.1 Å². The Morgan fingerprint density at radius 2 is 2.20 bits per heavy atom. The molecule has 0 bridgehead atoms. The number of carbonyl (C=O) groups is 1. The fourth-order valence-electron chi connectivity index (χ4n) is 3.50. The lowest BCUT2D eigenvalue weighted by atomic mass is 10.00. The molecule has 2 aromatic rings. The first-order valence-electron chi connectivity index (χ1n) is 9.24. The molecule has 3 heterocycles. The molecular formula is C19H25N3O2S. The lowest BCUT2D eigenvalue weighted by Gasteiger charge is -2.29. The molecule has 1 aromatic carbocycles. The number of rotatable bonds is 4. The number of aromatic nitrogens is 1. The van der Waals surface area contributed by atoms with Crippen molar-refractivity contribution in [1.29, 1.82) is 0 Å². The summed E-state index contributed by atoms with van der Waals surface area (Å²) in [6.45, 7) is 5.88. The molecule has 1 aromatic heterocycles. The van der Waals surface area contributed by atoms with Crippen LogP contribution in [0, 0.1) is 5.92 Å². The zero-order valence-corrected chi connectivity index (χ0v) is 15.5. The molecule has 25 heavy (non-hydrogen) atoms. The van der Waals surface area contributed by atoms with Gasteiger partial charge in [0.15, 0.2) is 5.13 Å². The number of amides is 1. The number of nitrogens with zero attached hydrogens (tertiary/aromatic N) is 2. The molecule has 2 aliphatic heterocycles. The van der Waals surface area contributed by atoms with Crippen molar-refractivity contribution in [1.82, 2.24) is 10.3 Å². The van der Waals surface area contributed by atoms with Gasteiger partial charge in [0.05, 0.1) is 16.3 Å². The number of hydrogen-bond donors (Lipinski definition) is 1. The Hall–Kier alpha value is -1.66. The van der Waals surface area contributed by atoms with Crippen LogP contribution in [0.1, 0.15) is 43.0 Å². The van der Waals surface area contributed by atoms with E-state index in [9.17, 15) is 4.79 Å². The third kappa shape index (κ3) is 3.80. The lowest BCUT2D eigenvalue weighted by Crippen LogP contribution is -2.32. The van der Waals surface area contributed by atoms with E-state index >= 15 is 0 Å². The minimum Gasteiger partial charge on any atom is -0.376 e. The molecule has 6 heteroatoms. The number of thiazole rings is 1. The predicted molar refractivity (Wildman–Crippen MR) is 102 cm³/mol. The van der Waals surface area contributed by atoms with Gasteiger partial charge in [-0.3, -0.25) is 4.79 Å². The van der Waals surface area contributed by atoms with E-state index in [-0.39, 0.29) is 12.0 Å². The van der Waals surface area contributed by atoms with Crippen LogP contribution in [-0.2, 0) is 4.74 Å². The maximum atomic E-state index is 12.4. The summed E-state index contributed by atoms with van der Waals surface area (Å²) in [5, 5.41) is 4.07. The predicted octanol–water partition coefficient (Wildman–Crippen LogP) is 3.44. The number of nitrogens with one attached hydrogen (secondary N) is 1. The first kappa shape index (κ1) is 16.8. The summed E-state index contributed by atoms with van der Waals surface area (Å²) < 4.78 is 6.64. The highest BCUT2D eigenvalue weighted by Gasteiger charge is 2.20. The van der Waals surface area contributed by atoms with Crippen molar-refractivity contribution in [2.24, 2.45) is 5.92 Å². The highest BCUT2D eigenvalue weighted by atomic mass is 32.1. The Morgan fingerprint density at radius 1 is 1.36 bits per heavy atom. The number of ether oxygens (including phenoxy) is 1. The van der Waals surface area contributed by atoms with Crippen LogP contribution in [-0.4, -0.2) is 43.2 Å². The minimum absolute atomic E-state index is 0.0286. The Bertz CT molecular complexity index is 746. The van der Waals surface area contributed by atoms with Crippen molar-refractivity contribution in [3.63, 3.8) is 0 Å². The fourth-order valence-corrected chi connectivity index (χ4v) is 4.56. The Kier molecular flexibility index (Phi) is 4.90. The van der Waals surface area contributed by atoms with Gasteiger partial charge in [0.25, 0.3) is 5.91 Å². The highest BCUT2D eigenvalue weighted by molar-refractivity contribution is 7.22. The molecule has 4 rings (SSSR count). The molecule has 1 amide bonds. The van der Waals surface area contributed by atoms with Gasteiger partial charge in [-0.05, 0) is 49.8 Å². The van der Waals surface area contributed by atoms with Crippen LogP contribution in [0.4, 0.5) is 5.13 Å². The molecule has 0 aliphatic carbocycles. The van der Waals surface area contributed by atoms with Gasteiger partial charge in [-0.15, -0.1) is 0 Å². The first-order chi connectivity index (χ1) is 12.2. The van der Waals surface area contributed by atoms with Crippen molar-refractivity contribution in [2.45, 2.75) is 38.7 Å². The highest BCUT2D eigenvalue weighted by Crippen LogP contribution is 2.32. The van der Waals surface area contributed by atoms with Gasteiger partial charge < -0.3 is 15.0 Å². The summed E-state index contributed by atoms with van der Waals surface area (Å²) >= 11 is 1.69. The molecule has 2 saturated heterocycles. The standard InChI is InChI=1S/C19H25N3O2S/c1-13-6-8-22(9-7-13)19-21-16-5-4-14(11-17(16)25-19)18(23)20-12-15-3-2-10-24-15/h4-5,11,13,15H,2-3,6-10,12H2,1H3,(H,20,23). The zero-order chi connectivity index (χ0) is 17.2. The van der Waals surface area contributed by atoms with E-state index in [1.807, 2.05) is 18.2 Å². The quantitative estimate of drug-likeness (QED) is 0.908. The van der Waals surface area contributed by atoms with Crippen LogP contribution >= 0.6 is 11.3 Å². The number of piperidine rings is 1. The van der Waals surface area contributed by atoms with Gasteiger partial charge in [-0.25, -0.2) is 4.98 Å². The van der Waals surface area contributed by atoms with Gasteiger partial charge in [-0.2, -0.15) is 0 Å². The van der Waals surface area contributed by atoms with E-state index in [4.69, 9.17) is 9.72 Å². The van der Waals surface area contributed by atoms with E-state index in [0.717, 1.165) is 53.8 Å². The van der Waals surface area contributed by atoms with Crippen LogP contribution in [0.5, 0.6) is 0 Å². The number of carbonyl (C=O) groups excluding carboxylic acids is 1. The molecule has 1 N–H and O–H groups in total. The zero-order valence-electron chi connectivity index (χ0n) is 14.7. The van der Waals surface area contributed by atoms with E-state index in [2.05, 4.69) is 17.1 Å². The molecule has 134 valence electrons. The Balaban J connectivity index is 1.45. The van der Waals surface area contributed by atoms with Gasteiger partial charge >= 0.3 is 0 Å². The second-order valence-corrected chi connectivity index (χ2v) is 8.20. The molecule has 0 saturated carbocycles.